The first-order chi connectivity index (χ1) is 9.29. The third-order valence-corrected chi connectivity index (χ3v) is 3.13. The van der Waals surface area contributed by atoms with E-state index in [1.807, 2.05) is 0 Å². The smallest absolute Gasteiger partial charge is 0.282 e. The van der Waals surface area contributed by atoms with Crippen LogP contribution in [-0.4, -0.2) is 14.3 Å². The summed E-state index contributed by atoms with van der Waals surface area (Å²) < 4.78 is 40.4. The number of hydrogen-bond acceptors (Lipinski definition) is 2. The van der Waals surface area contributed by atoms with Gasteiger partial charge in [0.2, 0.25) is 0 Å². The number of halogens is 3. The molecule has 0 bridgehead atoms. The summed E-state index contributed by atoms with van der Waals surface area (Å²) in [7, 11) is 1.60. The van der Waals surface area contributed by atoms with Crippen LogP contribution in [0.3, 0.4) is 0 Å². The predicted octanol–water partition coefficient (Wildman–Crippen LogP) is 2.15. The summed E-state index contributed by atoms with van der Waals surface area (Å²) in [6.45, 7) is 1.95. The van der Waals surface area contributed by atoms with Gasteiger partial charge in [-0.3, -0.25) is 4.57 Å². The molecule has 0 spiro atoms. The van der Waals surface area contributed by atoms with Gasteiger partial charge in [0.05, 0.1) is 12.1 Å². The van der Waals surface area contributed by atoms with Crippen molar-refractivity contribution in [1.82, 2.24) is 14.3 Å². The summed E-state index contributed by atoms with van der Waals surface area (Å²) in [5.41, 5.74) is -0.427. The zero-order valence-corrected chi connectivity index (χ0v) is 11.1. The van der Waals surface area contributed by atoms with Crippen LogP contribution in [0.4, 0.5) is 13.2 Å². The monoisotopic (exact) mass is 285 g/mol. The van der Waals surface area contributed by atoms with Crippen LogP contribution in [0.1, 0.15) is 17.0 Å². The maximum absolute atomic E-state index is 12.6. The van der Waals surface area contributed by atoms with Gasteiger partial charge in [-0.15, -0.1) is 0 Å². The lowest BCUT2D eigenvalue weighted by molar-refractivity contribution is -0.137. The summed E-state index contributed by atoms with van der Waals surface area (Å²) in [6, 6.07) is 5.10. The fourth-order valence-corrected chi connectivity index (χ4v) is 1.88. The molecule has 0 fully saturated rings. The Labute approximate surface area is 113 Å². The van der Waals surface area contributed by atoms with Gasteiger partial charge in [-0.2, -0.15) is 18.3 Å². The molecular formula is C13H14F3N3O. The van der Waals surface area contributed by atoms with E-state index in [2.05, 4.69) is 5.10 Å². The first-order valence-electron chi connectivity index (χ1n) is 6.05. The van der Waals surface area contributed by atoms with Crippen LogP contribution in [0, 0.1) is 6.92 Å². The third kappa shape index (κ3) is 2.92. The van der Waals surface area contributed by atoms with E-state index in [0.717, 1.165) is 12.1 Å². The van der Waals surface area contributed by atoms with Crippen molar-refractivity contribution in [2.75, 3.05) is 0 Å². The zero-order chi connectivity index (χ0) is 14.9. The van der Waals surface area contributed by atoms with E-state index in [1.165, 1.54) is 15.3 Å². The van der Waals surface area contributed by atoms with Crippen LogP contribution in [0.25, 0.3) is 0 Å². The van der Waals surface area contributed by atoms with Crippen LogP contribution in [0.5, 0.6) is 0 Å². The molecule has 0 aliphatic carbocycles. The number of aryl methyl sites for hydroxylation is 3. The second-order valence-corrected chi connectivity index (χ2v) is 4.56. The number of hydrogen-bond donors (Lipinski definition) is 0. The Hall–Kier alpha value is -2.05. The lowest BCUT2D eigenvalue weighted by Gasteiger charge is -2.08. The van der Waals surface area contributed by atoms with Crippen LogP contribution in [0.2, 0.25) is 0 Å². The highest BCUT2D eigenvalue weighted by Gasteiger charge is 2.30. The average molecular weight is 285 g/mol. The van der Waals surface area contributed by atoms with Crippen LogP contribution < -0.4 is 5.69 Å². The van der Waals surface area contributed by atoms with Gasteiger partial charge in [0.1, 0.15) is 5.82 Å². The molecule has 0 aliphatic rings. The Morgan fingerprint density at radius 3 is 2.55 bits per heavy atom. The van der Waals surface area contributed by atoms with E-state index in [-0.39, 0.29) is 12.2 Å². The molecule has 1 aromatic heterocycles. The average Bonchev–Trinajstić information content (AvgIpc) is 2.63. The molecule has 2 aromatic rings. The molecule has 4 nitrogen and oxygen atoms in total. The van der Waals surface area contributed by atoms with Gasteiger partial charge in [-0.05, 0) is 25.0 Å². The molecule has 1 aromatic carbocycles. The highest BCUT2D eigenvalue weighted by atomic mass is 19.4. The van der Waals surface area contributed by atoms with Gasteiger partial charge in [0, 0.05) is 7.05 Å². The third-order valence-electron chi connectivity index (χ3n) is 3.13. The molecule has 0 amide bonds. The van der Waals surface area contributed by atoms with Crippen molar-refractivity contribution in [3.8, 4) is 0 Å². The maximum atomic E-state index is 12.6. The molecule has 1 heterocycles. The molecule has 2 rings (SSSR count). The molecule has 0 aliphatic heterocycles. The highest BCUT2D eigenvalue weighted by Crippen LogP contribution is 2.29. The summed E-state index contributed by atoms with van der Waals surface area (Å²) in [4.78, 5) is 11.7. The van der Waals surface area contributed by atoms with Crippen molar-refractivity contribution in [2.45, 2.75) is 26.1 Å². The van der Waals surface area contributed by atoms with Crippen molar-refractivity contribution < 1.29 is 13.2 Å². The minimum atomic E-state index is -4.35. The van der Waals surface area contributed by atoms with Gasteiger partial charge >= 0.3 is 11.9 Å². The molecule has 7 heteroatoms. The largest absolute Gasteiger partial charge is 0.416 e. The summed E-state index contributed by atoms with van der Waals surface area (Å²) >= 11 is 0. The van der Waals surface area contributed by atoms with Crippen molar-refractivity contribution in [2.24, 2.45) is 7.05 Å². The van der Waals surface area contributed by atoms with E-state index in [9.17, 15) is 18.0 Å². The van der Waals surface area contributed by atoms with Crippen LogP contribution in [0.15, 0.2) is 29.1 Å². The van der Waals surface area contributed by atoms with E-state index in [4.69, 9.17) is 0 Å². The molecule has 0 radical (unpaired) electrons. The summed E-state index contributed by atoms with van der Waals surface area (Å²) in [5.74, 6) is 0.569. The molecular weight excluding hydrogens is 271 g/mol. The second-order valence-electron chi connectivity index (χ2n) is 4.56. The lowest BCUT2D eigenvalue weighted by atomic mass is 10.1. The number of aromatic nitrogens is 3. The van der Waals surface area contributed by atoms with Crippen LogP contribution in [-0.2, 0) is 26.2 Å². The van der Waals surface area contributed by atoms with Crippen LogP contribution >= 0.6 is 0 Å². The SMILES string of the molecule is Cc1nn(CCc2cccc(C(F)(F)F)c2)c(=O)n1C. The molecule has 0 saturated heterocycles. The number of benzene rings is 1. The Morgan fingerprint density at radius 2 is 2.00 bits per heavy atom. The second kappa shape index (κ2) is 5.15. The van der Waals surface area contributed by atoms with Crippen molar-refractivity contribution in [3.63, 3.8) is 0 Å². The minimum absolute atomic E-state index is 0.252. The fraction of sp³-hybridized carbons (Fsp3) is 0.385. The Kier molecular flexibility index (Phi) is 3.69. The van der Waals surface area contributed by atoms with E-state index >= 15 is 0 Å². The number of nitrogens with zero attached hydrogens (tertiary/aromatic N) is 3. The van der Waals surface area contributed by atoms with Gasteiger partial charge in [0.25, 0.3) is 0 Å². The summed E-state index contributed by atoms with van der Waals surface area (Å²) in [6.07, 6.45) is -4.03. The standard InChI is InChI=1S/C13H14F3N3O/c1-9-17-19(12(20)18(9)2)7-6-10-4-3-5-11(8-10)13(14,15)16/h3-5,8H,6-7H2,1-2H3. The normalized spacial score (nSPS) is 11.8. The van der Waals surface area contributed by atoms with E-state index < -0.39 is 11.7 Å². The van der Waals surface area contributed by atoms with Crippen molar-refractivity contribution >= 4 is 0 Å². The van der Waals surface area contributed by atoms with Crippen molar-refractivity contribution in [1.29, 1.82) is 0 Å². The van der Waals surface area contributed by atoms with Gasteiger partial charge in [0.15, 0.2) is 0 Å². The van der Waals surface area contributed by atoms with Crippen molar-refractivity contribution in [3.05, 3.63) is 51.7 Å². The maximum Gasteiger partial charge on any atom is 0.416 e. The van der Waals surface area contributed by atoms with Gasteiger partial charge in [-0.1, -0.05) is 18.2 Å². The number of alkyl halides is 3. The molecule has 0 unspecified atom stereocenters. The Morgan fingerprint density at radius 1 is 1.30 bits per heavy atom. The fourth-order valence-electron chi connectivity index (χ4n) is 1.88. The molecule has 0 atom stereocenters. The van der Waals surface area contributed by atoms with E-state index in [0.29, 0.717) is 17.8 Å². The molecule has 20 heavy (non-hydrogen) atoms. The first kappa shape index (κ1) is 14.4. The minimum Gasteiger partial charge on any atom is -0.282 e. The first-order valence-corrected chi connectivity index (χ1v) is 6.05. The quantitative estimate of drug-likeness (QED) is 0.867. The topological polar surface area (TPSA) is 39.8 Å². The number of rotatable bonds is 3. The zero-order valence-electron chi connectivity index (χ0n) is 11.1. The Bertz CT molecular complexity index is 670. The Balaban J connectivity index is 2.15. The lowest BCUT2D eigenvalue weighted by Crippen LogP contribution is -2.24. The molecule has 0 N–H and O–H groups in total. The van der Waals surface area contributed by atoms with Gasteiger partial charge < -0.3 is 0 Å². The molecule has 108 valence electrons. The van der Waals surface area contributed by atoms with E-state index in [1.54, 1.807) is 20.0 Å². The predicted molar refractivity (Wildman–Crippen MR) is 67.4 cm³/mol. The van der Waals surface area contributed by atoms with Gasteiger partial charge in [-0.25, -0.2) is 9.48 Å². The molecule has 0 saturated carbocycles. The summed E-state index contributed by atoms with van der Waals surface area (Å²) in [5, 5.41) is 4.04. The highest BCUT2D eigenvalue weighted by molar-refractivity contribution is 5.25.